The first-order valence-corrected chi connectivity index (χ1v) is 12.2. The molecule has 0 radical (unpaired) electrons. The number of likely N-dealkylation sites (N-methyl/N-ethyl adjacent to an activating group) is 2. The standard InChI is InChI=1S/C26H37N7O3/c1-5-28-12-13-32(18-25(35)31(4)33-16-21-8-6-7-9-22(21)17-33)24(34)15-29-23-14-20(11-10-19(23)2)26(36)30-27-3/h6-11,14,27-29H,5,12-13,15-18H2,1-4H3,(H,30,36). The smallest absolute Gasteiger partial charge is 0.265 e. The summed E-state index contributed by atoms with van der Waals surface area (Å²) in [5.41, 5.74) is 9.64. The van der Waals surface area contributed by atoms with Gasteiger partial charge in [-0.3, -0.25) is 24.8 Å². The minimum Gasteiger partial charge on any atom is -0.376 e. The molecule has 3 amide bonds. The van der Waals surface area contributed by atoms with Gasteiger partial charge >= 0.3 is 0 Å². The van der Waals surface area contributed by atoms with E-state index in [1.165, 1.54) is 11.1 Å². The number of carbonyl (C=O) groups excluding carboxylic acids is 3. The van der Waals surface area contributed by atoms with Crippen LogP contribution < -0.4 is 21.5 Å². The molecule has 0 bridgehead atoms. The topological polar surface area (TPSA) is 109 Å². The number of aryl methyl sites for hydroxylation is 1. The molecule has 2 aromatic rings. The number of nitrogens with one attached hydrogen (secondary N) is 4. The molecule has 0 fully saturated rings. The van der Waals surface area contributed by atoms with Gasteiger partial charge in [0.2, 0.25) is 5.91 Å². The maximum Gasteiger partial charge on any atom is 0.265 e. The number of benzene rings is 2. The van der Waals surface area contributed by atoms with E-state index in [1.807, 2.05) is 37.1 Å². The van der Waals surface area contributed by atoms with Crippen LogP contribution in [0.5, 0.6) is 0 Å². The van der Waals surface area contributed by atoms with Gasteiger partial charge in [0.15, 0.2) is 0 Å². The average molecular weight is 496 g/mol. The second-order valence-corrected chi connectivity index (χ2v) is 8.76. The summed E-state index contributed by atoms with van der Waals surface area (Å²) in [6, 6.07) is 13.4. The van der Waals surface area contributed by atoms with Crippen LogP contribution in [-0.4, -0.2) is 79.5 Å². The van der Waals surface area contributed by atoms with Crippen LogP contribution in [0.3, 0.4) is 0 Å². The fourth-order valence-electron chi connectivity index (χ4n) is 4.06. The van der Waals surface area contributed by atoms with Crippen molar-refractivity contribution in [3.63, 3.8) is 0 Å². The Bertz CT molecular complexity index is 1050. The van der Waals surface area contributed by atoms with Gasteiger partial charge in [0, 0.05) is 51.5 Å². The molecule has 2 aromatic carbocycles. The van der Waals surface area contributed by atoms with Crippen LogP contribution in [0, 0.1) is 6.92 Å². The first-order chi connectivity index (χ1) is 17.3. The van der Waals surface area contributed by atoms with Crippen molar-refractivity contribution in [1.29, 1.82) is 0 Å². The molecule has 0 saturated heterocycles. The number of hydrogen-bond acceptors (Lipinski definition) is 7. The zero-order valence-electron chi connectivity index (χ0n) is 21.6. The van der Waals surface area contributed by atoms with Crippen LogP contribution in [0.4, 0.5) is 5.69 Å². The Morgan fingerprint density at radius 3 is 2.36 bits per heavy atom. The van der Waals surface area contributed by atoms with E-state index in [-0.39, 0.29) is 30.8 Å². The maximum absolute atomic E-state index is 13.2. The molecule has 0 spiro atoms. The third-order valence-electron chi connectivity index (χ3n) is 6.26. The van der Waals surface area contributed by atoms with E-state index in [9.17, 15) is 14.4 Å². The van der Waals surface area contributed by atoms with Crippen LogP contribution in [-0.2, 0) is 22.7 Å². The molecule has 1 aliphatic rings. The summed E-state index contributed by atoms with van der Waals surface area (Å²) >= 11 is 0. The largest absolute Gasteiger partial charge is 0.376 e. The molecule has 4 N–H and O–H groups in total. The van der Waals surface area contributed by atoms with Gasteiger partial charge in [-0.05, 0) is 42.3 Å². The van der Waals surface area contributed by atoms with E-state index in [2.05, 4.69) is 33.6 Å². The third kappa shape index (κ3) is 7.03. The van der Waals surface area contributed by atoms with Gasteiger partial charge in [0.05, 0.1) is 6.54 Å². The summed E-state index contributed by atoms with van der Waals surface area (Å²) in [5, 5.41) is 9.97. The summed E-state index contributed by atoms with van der Waals surface area (Å²) in [7, 11) is 3.37. The SMILES string of the molecule is CCNCCN(CC(=O)N(C)N1Cc2ccccc2C1)C(=O)CNc1cc(C(=O)NNC)ccc1C. The Hall–Kier alpha value is -3.47. The van der Waals surface area contributed by atoms with Gasteiger partial charge in [-0.2, -0.15) is 0 Å². The summed E-state index contributed by atoms with van der Waals surface area (Å²) < 4.78 is 0. The van der Waals surface area contributed by atoms with Gasteiger partial charge < -0.3 is 15.5 Å². The Labute approximate surface area is 212 Å². The molecule has 0 aliphatic carbocycles. The number of hydrogen-bond donors (Lipinski definition) is 4. The number of amides is 3. The fraction of sp³-hybridized carbons (Fsp3) is 0.423. The highest BCUT2D eigenvalue weighted by Crippen LogP contribution is 2.23. The zero-order chi connectivity index (χ0) is 26.1. The van der Waals surface area contributed by atoms with Crippen LogP contribution in [0.2, 0.25) is 0 Å². The molecule has 0 unspecified atom stereocenters. The van der Waals surface area contributed by atoms with Crippen molar-refractivity contribution < 1.29 is 14.4 Å². The normalized spacial score (nSPS) is 12.7. The molecule has 194 valence electrons. The summed E-state index contributed by atoms with van der Waals surface area (Å²) in [4.78, 5) is 40.0. The summed E-state index contributed by atoms with van der Waals surface area (Å²) in [5.74, 6) is -0.602. The van der Waals surface area contributed by atoms with E-state index in [0.717, 1.165) is 12.1 Å². The van der Waals surface area contributed by atoms with E-state index in [0.29, 0.717) is 37.4 Å². The summed E-state index contributed by atoms with van der Waals surface area (Å²) in [6.45, 7) is 7.02. The van der Waals surface area contributed by atoms with E-state index in [1.54, 1.807) is 36.1 Å². The van der Waals surface area contributed by atoms with Crippen molar-refractivity contribution in [3.05, 3.63) is 64.7 Å². The Kier molecular flexibility index (Phi) is 9.80. The Morgan fingerprint density at radius 1 is 1.03 bits per heavy atom. The molecule has 1 aliphatic heterocycles. The molecule has 36 heavy (non-hydrogen) atoms. The first kappa shape index (κ1) is 27.1. The summed E-state index contributed by atoms with van der Waals surface area (Å²) in [6.07, 6.45) is 0. The molecule has 3 rings (SSSR count). The van der Waals surface area contributed by atoms with Crippen molar-refractivity contribution in [2.24, 2.45) is 0 Å². The second-order valence-electron chi connectivity index (χ2n) is 8.76. The lowest BCUT2D eigenvalue weighted by molar-refractivity contribution is -0.151. The van der Waals surface area contributed by atoms with Crippen LogP contribution in [0.15, 0.2) is 42.5 Å². The van der Waals surface area contributed by atoms with Crippen molar-refractivity contribution in [2.45, 2.75) is 26.9 Å². The van der Waals surface area contributed by atoms with Crippen molar-refractivity contribution in [1.82, 2.24) is 31.1 Å². The van der Waals surface area contributed by atoms with E-state index >= 15 is 0 Å². The zero-order valence-corrected chi connectivity index (χ0v) is 21.6. The van der Waals surface area contributed by atoms with Crippen LogP contribution in [0.1, 0.15) is 34.0 Å². The number of carbonyl (C=O) groups is 3. The van der Waals surface area contributed by atoms with E-state index < -0.39 is 0 Å². The molecule has 0 saturated carbocycles. The Morgan fingerprint density at radius 2 is 1.72 bits per heavy atom. The molecule has 10 nitrogen and oxygen atoms in total. The van der Waals surface area contributed by atoms with Crippen LogP contribution in [0.25, 0.3) is 0 Å². The van der Waals surface area contributed by atoms with Crippen molar-refractivity contribution in [3.8, 4) is 0 Å². The van der Waals surface area contributed by atoms with Crippen LogP contribution >= 0.6 is 0 Å². The van der Waals surface area contributed by atoms with Crippen molar-refractivity contribution >= 4 is 23.4 Å². The number of hydrazine groups is 2. The quantitative estimate of drug-likeness (QED) is 0.258. The number of nitrogens with zero attached hydrogens (tertiary/aromatic N) is 3. The van der Waals surface area contributed by atoms with Gasteiger partial charge in [0.1, 0.15) is 6.54 Å². The lowest BCUT2D eigenvalue weighted by Gasteiger charge is -2.31. The molecule has 1 heterocycles. The van der Waals surface area contributed by atoms with E-state index in [4.69, 9.17) is 0 Å². The van der Waals surface area contributed by atoms with Crippen molar-refractivity contribution in [2.75, 3.05) is 52.1 Å². The van der Waals surface area contributed by atoms with Gasteiger partial charge in [-0.25, -0.2) is 10.4 Å². The fourth-order valence-corrected chi connectivity index (χ4v) is 4.06. The lowest BCUT2D eigenvalue weighted by atomic mass is 10.1. The lowest BCUT2D eigenvalue weighted by Crippen LogP contribution is -2.49. The average Bonchev–Trinajstić information content (AvgIpc) is 3.31. The van der Waals surface area contributed by atoms with Gasteiger partial charge in [0.25, 0.3) is 11.8 Å². The first-order valence-electron chi connectivity index (χ1n) is 12.2. The van der Waals surface area contributed by atoms with Gasteiger partial charge in [-0.15, -0.1) is 0 Å². The predicted molar refractivity (Wildman–Crippen MR) is 140 cm³/mol. The number of rotatable bonds is 12. The Balaban J connectivity index is 1.63. The minimum atomic E-state index is -0.267. The monoisotopic (exact) mass is 495 g/mol. The minimum absolute atomic E-state index is 0.0101. The second kappa shape index (κ2) is 13.0. The maximum atomic E-state index is 13.2. The highest BCUT2D eigenvalue weighted by Gasteiger charge is 2.27. The highest BCUT2D eigenvalue weighted by atomic mass is 16.2. The molecular weight excluding hydrogens is 458 g/mol. The molecule has 0 atom stereocenters. The molecular formula is C26H37N7O3. The molecule has 10 heteroatoms. The van der Waals surface area contributed by atoms with Gasteiger partial charge in [-0.1, -0.05) is 37.3 Å². The third-order valence-corrected chi connectivity index (χ3v) is 6.26. The molecule has 0 aromatic heterocycles. The predicted octanol–water partition coefficient (Wildman–Crippen LogP) is 1.10. The highest BCUT2D eigenvalue weighted by molar-refractivity contribution is 5.95. The number of fused-ring (bicyclic) bond motifs is 1. The number of anilines is 1.